The fraction of sp³-hybridized carbons (Fsp3) is 0.350. The second-order valence-electron chi connectivity index (χ2n) is 6.55. The predicted octanol–water partition coefficient (Wildman–Crippen LogP) is 3.88. The molecule has 1 atom stereocenters. The summed E-state index contributed by atoms with van der Waals surface area (Å²) in [4.78, 5) is 7.07. The molecular weight excluding hydrogens is 318 g/mol. The number of rotatable bonds is 3. The molecule has 0 aromatic heterocycles. The van der Waals surface area contributed by atoms with Crippen molar-refractivity contribution in [1.29, 1.82) is 0 Å². The van der Waals surface area contributed by atoms with Gasteiger partial charge in [0.15, 0.2) is 0 Å². The van der Waals surface area contributed by atoms with E-state index in [4.69, 9.17) is 11.6 Å². The first-order valence-electron chi connectivity index (χ1n) is 8.65. The number of para-hydroxylation sites is 1. The molecule has 1 unspecified atom stereocenters. The van der Waals surface area contributed by atoms with Crippen LogP contribution in [0.25, 0.3) is 0 Å². The van der Waals surface area contributed by atoms with Gasteiger partial charge >= 0.3 is 0 Å². The third kappa shape index (κ3) is 3.27. The van der Waals surface area contributed by atoms with Gasteiger partial charge in [0, 0.05) is 29.7 Å². The van der Waals surface area contributed by atoms with Gasteiger partial charge in [0.1, 0.15) is 5.84 Å². The van der Waals surface area contributed by atoms with Crippen LogP contribution in [0.4, 0.5) is 5.69 Å². The van der Waals surface area contributed by atoms with Crippen molar-refractivity contribution in [1.82, 2.24) is 5.32 Å². The third-order valence-corrected chi connectivity index (χ3v) is 5.21. The Bertz CT molecular complexity index is 739. The van der Waals surface area contributed by atoms with Gasteiger partial charge in [-0.1, -0.05) is 41.9 Å². The number of nitrogens with zero attached hydrogens (tertiary/aromatic N) is 2. The highest BCUT2D eigenvalue weighted by Crippen LogP contribution is 2.33. The van der Waals surface area contributed by atoms with Crippen molar-refractivity contribution in [2.75, 3.05) is 31.1 Å². The Labute approximate surface area is 148 Å². The summed E-state index contributed by atoms with van der Waals surface area (Å²) in [6, 6.07) is 17.1. The van der Waals surface area contributed by atoms with E-state index in [1.165, 1.54) is 16.8 Å². The summed E-state index contributed by atoms with van der Waals surface area (Å²) in [5, 5.41) is 4.21. The summed E-state index contributed by atoms with van der Waals surface area (Å²) in [6.45, 7) is 3.73. The van der Waals surface area contributed by atoms with E-state index in [1.807, 2.05) is 12.1 Å². The molecule has 0 saturated carbocycles. The number of fused-ring (bicyclic) bond motifs is 1. The zero-order chi connectivity index (χ0) is 16.4. The summed E-state index contributed by atoms with van der Waals surface area (Å²) in [5.74, 6) is 1.62. The number of aryl methyl sites for hydroxylation is 1. The molecule has 4 rings (SSSR count). The van der Waals surface area contributed by atoms with Crippen LogP contribution in [0.2, 0.25) is 5.02 Å². The predicted molar refractivity (Wildman–Crippen MR) is 101 cm³/mol. The van der Waals surface area contributed by atoms with E-state index in [9.17, 15) is 0 Å². The maximum absolute atomic E-state index is 6.06. The smallest absolute Gasteiger partial charge is 0.116 e. The zero-order valence-corrected chi connectivity index (χ0v) is 14.5. The molecule has 2 aliphatic rings. The highest BCUT2D eigenvalue weighted by molar-refractivity contribution is 6.30. The third-order valence-electron chi connectivity index (χ3n) is 4.96. The lowest BCUT2D eigenvalue weighted by Crippen LogP contribution is -2.37. The quantitative estimate of drug-likeness (QED) is 0.919. The van der Waals surface area contributed by atoms with Gasteiger partial charge in [-0.25, -0.2) is 0 Å². The van der Waals surface area contributed by atoms with E-state index >= 15 is 0 Å². The van der Waals surface area contributed by atoms with Crippen molar-refractivity contribution >= 4 is 23.1 Å². The average Bonchev–Trinajstić information content (AvgIpc) is 3.05. The average molecular weight is 340 g/mol. The normalized spacial score (nSPS) is 20.1. The van der Waals surface area contributed by atoms with E-state index in [0.29, 0.717) is 5.92 Å². The van der Waals surface area contributed by atoms with Crippen molar-refractivity contribution in [2.24, 2.45) is 4.99 Å². The second-order valence-corrected chi connectivity index (χ2v) is 6.99. The Balaban J connectivity index is 1.63. The molecule has 2 heterocycles. The van der Waals surface area contributed by atoms with E-state index in [0.717, 1.165) is 49.9 Å². The molecule has 0 radical (unpaired) electrons. The summed E-state index contributed by atoms with van der Waals surface area (Å²) in [6.07, 6.45) is 2.27. The van der Waals surface area contributed by atoms with Crippen LogP contribution in [0.1, 0.15) is 23.5 Å². The number of hydrogen-bond acceptors (Lipinski definition) is 3. The molecule has 2 aliphatic heterocycles. The van der Waals surface area contributed by atoms with Crippen molar-refractivity contribution in [3.05, 3.63) is 64.7 Å². The molecule has 0 bridgehead atoms. The van der Waals surface area contributed by atoms with Gasteiger partial charge in [0.25, 0.3) is 0 Å². The van der Waals surface area contributed by atoms with Crippen LogP contribution < -0.4 is 10.2 Å². The summed E-state index contributed by atoms with van der Waals surface area (Å²) < 4.78 is 0. The molecule has 0 fully saturated rings. The lowest BCUT2D eigenvalue weighted by Gasteiger charge is -2.28. The Morgan fingerprint density at radius 2 is 1.96 bits per heavy atom. The van der Waals surface area contributed by atoms with Crippen LogP contribution in [0.3, 0.4) is 0 Å². The lowest BCUT2D eigenvalue weighted by molar-refractivity contribution is 0.630. The van der Waals surface area contributed by atoms with Crippen LogP contribution >= 0.6 is 11.6 Å². The van der Waals surface area contributed by atoms with Gasteiger partial charge < -0.3 is 10.2 Å². The maximum atomic E-state index is 6.06. The Kier molecular flexibility index (Phi) is 4.44. The van der Waals surface area contributed by atoms with E-state index in [-0.39, 0.29) is 0 Å². The minimum absolute atomic E-state index is 0.511. The summed E-state index contributed by atoms with van der Waals surface area (Å²) in [5.41, 5.74) is 4.16. The Hall–Kier alpha value is -2.00. The van der Waals surface area contributed by atoms with Crippen molar-refractivity contribution in [2.45, 2.75) is 18.8 Å². The van der Waals surface area contributed by atoms with Crippen LogP contribution in [0.15, 0.2) is 53.5 Å². The molecule has 0 amide bonds. The number of aliphatic imine (C=N–C) groups is 1. The SMILES string of the molecule is Clc1ccc(C2CCc3ccccc3N(CC3=NCCN3)C2)cc1. The molecule has 0 saturated heterocycles. The summed E-state index contributed by atoms with van der Waals surface area (Å²) >= 11 is 6.06. The van der Waals surface area contributed by atoms with Crippen molar-refractivity contribution < 1.29 is 0 Å². The van der Waals surface area contributed by atoms with E-state index in [1.54, 1.807) is 0 Å². The molecule has 1 N–H and O–H groups in total. The fourth-order valence-corrected chi connectivity index (χ4v) is 3.83. The number of anilines is 1. The molecule has 0 spiro atoms. The van der Waals surface area contributed by atoms with E-state index in [2.05, 4.69) is 51.6 Å². The number of amidine groups is 1. The highest BCUT2D eigenvalue weighted by Gasteiger charge is 2.24. The molecule has 24 heavy (non-hydrogen) atoms. The number of hydrogen-bond donors (Lipinski definition) is 1. The molecular formula is C20H22ClN3. The monoisotopic (exact) mass is 339 g/mol. The minimum Gasteiger partial charge on any atom is -0.370 e. The largest absolute Gasteiger partial charge is 0.370 e. The molecule has 2 aromatic carbocycles. The van der Waals surface area contributed by atoms with Gasteiger partial charge in [-0.3, -0.25) is 4.99 Å². The maximum Gasteiger partial charge on any atom is 0.116 e. The van der Waals surface area contributed by atoms with Crippen LogP contribution in [-0.2, 0) is 6.42 Å². The lowest BCUT2D eigenvalue weighted by atomic mass is 9.93. The number of halogens is 1. The molecule has 0 aliphatic carbocycles. The second kappa shape index (κ2) is 6.86. The number of nitrogens with one attached hydrogen (secondary N) is 1. The van der Waals surface area contributed by atoms with Gasteiger partial charge in [-0.2, -0.15) is 0 Å². The first kappa shape index (κ1) is 15.5. The van der Waals surface area contributed by atoms with Gasteiger partial charge in [0.2, 0.25) is 0 Å². The van der Waals surface area contributed by atoms with E-state index < -0.39 is 0 Å². The van der Waals surface area contributed by atoms with Crippen LogP contribution in [-0.4, -0.2) is 32.0 Å². The molecule has 3 nitrogen and oxygen atoms in total. The zero-order valence-electron chi connectivity index (χ0n) is 13.7. The van der Waals surface area contributed by atoms with Crippen molar-refractivity contribution in [3.8, 4) is 0 Å². The Morgan fingerprint density at radius 1 is 1.12 bits per heavy atom. The fourth-order valence-electron chi connectivity index (χ4n) is 3.71. The van der Waals surface area contributed by atoms with Gasteiger partial charge in [-0.15, -0.1) is 0 Å². The first-order valence-corrected chi connectivity index (χ1v) is 9.03. The Morgan fingerprint density at radius 3 is 2.75 bits per heavy atom. The molecule has 2 aromatic rings. The van der Waals surface area contributed by atoms with Gasteiger partial charge in [0.05, 0.1) is 13.1 Å². The minimum atomic E-state index is 0.511. The van der Waals surface area contributed by atoms with Crippen LogP contribution in [0.5, 0.6) is 0 Å². The molecule has 4 heteroatoms. The van der Waals surface area contributed by atoms with Crippen molar-refractivity contribution in [3.63, 3.8) is 0 Å². The number of benzene rings is 2. The first-order chi connectivity index (χ1) is 11.8. The topological polar surface area (TPSA) is 27.6 Å². The van der Waals surface area contributed by atoms with Crippen LogP contribution in [0, 0.1) is 0 Å². The standard InChI is InChI=1S/C20H22ClN3/c21-18-9-7-15(8-10-18)17-6-5-16-3-1-2-4-19(16)24(13-17)14-20-22-11-12-23-20/h1-4,7-10,17H,5-6,11-14H2,(H,22,23). The summed E-state index contributed by atoms with van der Waals surface area (Å²) in [7, 11) is 0. The molecule has 124 valence electrons. The highest BCUT2D eigenvalue weighted by atomic mass is 35.5. The van der Waals surface area contributed by atoms with Gasteiger partial charge in [-0.05, 0) is 42.2 Å².